The molecule has 3 heterocycles. The Morgan fingerprint density at radius 2 is 1.96 bits per heavy atom. The van der Waals surface area contributed by atoms with Crippen LogP contribution in [-0.2, 0) is 14.3 Å². The number of likely N-dealkylation sites (tertiary alicyclic amines) is 2. The van der Waals surface area contributed by atoms with Crippen LogP contribution < -0.4 is 4.74 Å². The third-order valence-electron chi connectivity index (χ3n) is 6.48. The van der Waals surface area contributed by atoms with Crippen LogP contribution in [0.2, 0.25) is 0 Å². The molecule has 2 amide bonds. The minimum atomic E-state index is 0.0433. The highest BCUT2D eigenvalue weighted by Crippen LogP contribution is 2.40. The number of carbonyl (C=O) groups excluding carboxylic acids is 2. The number of hydrogen-bond donors (Lipinski definition) is 0. The van der Waals surface area contributed by atoms with E-state index in [1.54, 1.807) is 0 Å². The Labute approximate surface area is 166 Å². The van der Waals surface area contributed by atoms with Gasteiger partial charge in [0.15, 0.2) is 6.61 Å². The Hall–Kier alpha value is -2.08. The summed E-state index contributed by atoms with van der Waals surface area (Å²) in [6.45, 7) is 3.95. The second-order valence-corrected chi connectivity index (χ2v) is 8.39. The standard InChI is InChI=1S/C22H30N2O4/c25-20-8-9-22(17-24(20)15-19-7-4-14-27-19)10-12-23(13-11-22)21(26)16-28-18-5-2-1-3-6-18/h1-3,5-6,19H,4,7-17H2/t19-/m0/s1. The van der Waals surface area contributed by atoms with Crippen LogP contribution in [0.5, 0.6) is 5.75 Å². The van der Waals surface area contributed by atoms with Gasteiger partial charge < -0.3 is 19.3 Å². The monoisotopic (exact) mass is 386 g/mol. The van der Waals surface area contributed by atoms with Crippen LogP contribution in [0.4, 0.5) is 0 Å². The predicted molar refractivity (Wildman–Crippen MR) is 105 cm³/mol. The van der Waals surface area contributed by atoms with Crippen molar-refractivity contribution in [3.8, 4) is 5.75 Å². The molecular weight excluding hydrogens is 356 g/mol. The summed E-state index contributed by atoms with van der Waals surface area (Å²) in [5.41, 5.74) is 0.156. The fraction of sp³-hybridized carbons (Fsp3) is 0.636. The van der Waals surface area contributed by atoms with Crippen molar-refractivity contribution in [3.63, 3.8) is 0 Å². The molecular formula is C22H30N2O4. The third kappa shape index (κ3) is 4.49. The van der Waals surface area contributed by atoms with E-state index in [1.807, 2.05) is 40.1 Å². The Balaban J connectivity index is 1.27. The van der Waals surface area contributed by atoms with Gasteiger partial charge in [-0.1, -0.05) is 18.2 Å². The van der Waals surface area contributed by atoms with Crippen LogP contribution >= 0.6 is 0 Å². The number of nitrogens with zero attached hydrogens (tertiary/aromatic N) is 2. The second kappa shape index (κ2) is 8.52. The van der Waals surface area contributed by atoms with Crippen LogP contribution in [0.25, 0.3) is 0 Å². The van der Waals surface area contributed by atoms with Crippen molar-refractivity contribution >= 4 is 11.8 Å². The van der Waals surface area contributed by atoms with Crippen molar-refractivity contribution < 1.29 is 19.1 Å². The molecule has 0 radical (unpaired) electrons. The molecule has 0 N–H and O–H groups in total. The maximum Gasteiger partial charge on any atom is 0.260 e. The zero-order valence-corrected chi connectivity index (χ0v) is 16.5. The molecule has 0 aliphatic carbocycles. The summed E-state index contributed by atoms with van der Waals surface area (Å²) >= 11 is 0. The molecule has 152 valence electrons. The number of rotatable bonds is 5. The van der Waals surface area contributed by atoms with Gasteiger partial charge in [-0.25, -0.2) is 0 Å². The van der Waals surface area contributed by atoms with Gasteiger partial charge in [-0.15, -0.1) is 0 Å². The van der Waals surface area contributed by atoms with Crippen molar-refractivity contribution in [1.82, 2.24) is 9.80 Å². The van der Waals surface area contributed by atoms with Crippen LogP contribution in [0.15, 0.2) is 30.3 Å². The largest absolute Gasteiger partial charge is 0.484 e. The van der Waals surface area contributed by atoms with E-state index in [4.69, 9.17) is 9.47 Å². The van der Waals surface area contributed by atoms with Crippen LogP contribution in [-0.4, -0.2) is 67.1 Å². The highest BCUT2D eigenvalue weighted by atomic mass is 16.5. The van der Waals surface area contributed by atoms with Gasteiger partial charge in [0, 0.05) is 39.2 Å². The zero-order chi connectivity index (χ0) is 19.4. The molecule has 3 saturated heterocycles. The predicted octanol–water partition coefficient (Wildman–Crippen LogP) is 2.48. The molecule has 6 heteroatoms. The number of hydrogen-bond acceptors (Lipinski definition) is 4. The van der Waals surface area contributed by atoms with E-state index in [9.17, 15) is 9.59 Å². The number of para-hydroxylation sites is 1. The minimum absolute atomic E-state index is 0.0433. The molecule has 0 unspecified atom stereocenters. The van der Waals surface area contributed by atoms with Gasteiger partial charge in [0.25, 0.3) is 5.91 Å². The number of piperidine rings is 2. The van der Waals surface area contributed by atoms with E-state index in [-0.39, 0.29) is 29.9 Å². The SMILES string of the molecule is O=C(COc1ccccc1)N1CCC2(CCC(=O)N(C[C@@H]3CCCO3)C2)CC1. The molecule has 3 aliphatic rings. The van der Waals surface area contributed by atoms with E-state index in [0.29, 0.717) is 6.42 Å². The first-order chi connectivity index (χ1) is 13.6. The number of carbonyl (C=O) groups is 2. The quantitative estimate of drug-likeness (QED) is 0.780. The summed E-state index contributed by atoms with van der Waals surface area (Å²) in [5, 5.41) is 0. The van der Waals surface area contributed by atoms with Crippen LogP contribution in [0, 0.1) is 5.41 Å². The normalized spacial score (nSPS) is 24.6. The highest BCUT2D eigenvalue weighted by molar-refractivity contribution is 5.78. The average molecular weight is 386 g/mol. The summed E-state index contributed by atoms with van der Waals surface area (Å²) in [6.07, 6.45) is 5.84. The van der Waals surface area contributed by atoms with E-state index >= 15 is 0 Å². The lowest BCUT2D eigenvalue weighted by molar-refractivity contribution is -0.144. The van der Waals surface area contributed by atoms with Gasteiger partial charge >= 0.3 is 0 Å². The number of ether oxygens (including phenoxy) is 2. The molecule has 0 aromatic heterocycles. The first-order valence-electron chi connectivity index (χ1n) is 10.5. The first-order valence-corrected chi connectivity index (χ1v) is 10.5. The van der Waals surface area contributed by atoms with Gasteiger partial charge in [0.2, 0.25) is 5.91 Å². The van der Waals surface area contributed by atoms with Gasteiger partial charge in [0.1, 0.15) is 5.75 Å². The second-order valence-electron chi connectivity index (χ2n) is 8.39. The van der Waals surface area contributed by atoms with Crippen molar-refractivity contribution in [2.24, 2.45) is 5.41 Å². The van der Waals surface area contributed by atoms with Crippen molar-refractivity contribution in [2.45, 2.75) is 44.6 Å². The lowest BCUT2D eigenvalue weighted by atomic mass is 9.72. The summed E-state index contributed by atoms with van der Waals surface area (Å²) in [7, 11) is 0. The van der Waals surface area contributed by atoms with Gasteiger partial charge in [-0.2, -0.15) is 0 Å². The third-order valence-corrected chi connectivity index (χ3v) is 6.48. The summed E-state index contributed by atoms with van der Waals surface area (Å²) in [6, 6.07) is 9.45. The molecule has 1 atom stereocenters. The molecule has 3 aliphatic heterocycles. The van der Waals surface area contributed by atoms with Gasteiger partial charge in [-0.3, -0.25) is 9.59 Å². The van der Waals surface area contributed by atoms with E-state index in [0.717, 1.165) is 70.6 Å². The number of benzene rings is 1. The minimum Gasteiger partial charge on any atom is -0.484 e. The Bertz CT molecular complexity index is 679. The fourth-order valence-corrected chi connectivity index (χ4v) is 4.69. The summed E-state index contributed by atoms with van der Waals surface area (Å²) < 4.78 is 11.3. The lowest BCUT2D eigenvalue weighted by Crippen LogP contribution is -2.54. The molecule has 0 bridgehead atoms. The van der Waals surface area contributed by atoms with Crippen molar-refractivity contribution in [2.75, 3.05) is 39.4 Å². The zero-order valence-electron chi connectivity index (χ0n) is 16.5. The van der Waals surface area contributed by atoms with Crippen LogP contribution in [0.3, 0.4) is 0 Å². The van der Waals surface area contributed by atoms with Gasteiger partial charge in [0.05, 0.1) is 6.10 Å². The van der Waals surface area contributed by atoms with E-state index in [1.165, 1.54) is 0 Å². The molecule has 3 fully saturated rings. The summed E-state index contributed by atoms with van der Waals surface area (Å²) in [5.74, 6) is 1.03. The van der Waals surface area contributed by atoms with E-state index in [2.05, 4.69) is 0 Å². The molecule has 28 heavy (non-hydrogen) atoms. The fourth-order valence-electron chi connectivity index (χ4n) is 4.69. The molecule has 1 aromatic carbocycles. The highest BCUT2D eigenvalue weighted by Gasteiger charge is 2.42. The molecule has 1 spiro atoms. The maximum absolute atomic E-state index is 12.5. The topological polar surface area (TPSA) is 59.1 Å². The average Bonchev–Trinajstić information content (AvgIpc) is 3.24. The molecule has 6 nitrogen and oxygen atoms in total. The molecule has 4 rings (SSSR count). The van der Waals surface area contributed by atoms with Crippen molar-refractivity contribution in [3.05, 3.63) is 30.3 Å². The molecule has 0 saturated carbocycles. The Morgan fingerprint density at radius 1 is 1.18 bits per heavy atom. The Kier molecular flexibility index (Phi) is 5.85. The van der Waals surface area contributed by atoms with Gasteiger partial charge in [-0.05, 0) is 49.7 Å². The molecule has 1 aromatic rings. The van der Waals surface area contributed by atoms with E-state index < -0.39 is 0 Å². The summed E-state index contributed by atoms with van der Waals surface area (Å²) in [4.78, 5) is 28.8. The van der Waals surface area contributed by atoms with Crippen molar-refractivity contribution in [1.29, 1.82) is 0 Å². The number of amides is 2. The first kappa shape index (κ1) is 19.2. The van der Waals surface area contributed by atoms with Crippen LogP contribution in [0.1, 0.15) is 38.5 Å². The lowest BCUT2D eigenvalue weighted by Gasteiger charge is -2.47. The smallest absolute Gasteiger partial charge is 0.260 e. The Morgan fingerprint density at radius 3 is 2.68 bits per heavy atom. The maximum atomic E-state index is 12.5.